The summed E-state index contributed by atoms with van der Waals surface area (Å²) >= 11 is 0. The second-order valence-electron chi connectivity index (χ2n) is 4.17. The number of hydrogen-bond donors (Lipinski definition) is 2. The molecule has 0 spiro atoms. The molecule has 0 unspecified atom stereocenters. The zero-order valence-electron chi connectivity index (χ0n) is 11.2. The number of aryl methyl sites for hydroxylation is 1. The molecule has 1 heterocycles. The molecule has 0 saturated heterocycles. The van der Waals surface area contributed by atoms with Crippen molar-refractivity contribution < 1.29 is 13.2 Å². The smallest absolute Gasteiger partial charge is 0.241 e. The molecule has 7 nitrogen and oxygen atoms in total. The second kappa shape index (κ2) is 5.51. The lowest BCUT2D eigenvalue weighted by atomic mass is 10.3. The maximum Gasteiger partial charge on any atom is 0.241 e. The van der Waals surface area contributed by atoms with Crippen molar-refractivity contribution in [1.82, 2.24) is 14.5 Å². The molecule has 108 valence electrons. The quantitative estimate of drug-likeness (QED) is 0.782. The molecule has 8 heteroatoms. The average molecular weight is 296 g/mol. The molecule has 0 aliphatic rings. The fraction of sp³-hybridized carbons (Fsp3) is 0.250. The highest BCUT2D eigenvalue weighted by Crippen LogP contribution is 2.24. The summed E-state index contributed by atoms with van der Waals surface area (Å²) in [4.78, 5) is 0.0953. The molecule has 20 heavy (non-hydrogen) atoms. The first kappa shape index (κ1) is 14.4. The summed E-state index contributed by atoms with van der Waals surface area (Å²) in [5.74, 6) is 0.440. The predicted octanol–water partition coefficient (Wildman–Crippen LogP) is 0.489. The summed E-state index contributed by atoms with van der Waals surface area (Å²) < 4.78 is 33.4. The summed E-state index contributed by atoms with van der Waals surface area (Å²) in [7, 11) is -0.409. The van der Waals surface area contributed by atoms with Crippen molar-refractivity contribution in [1.29, 1.82) is 0 Å². The Morgan fingerprint density at radius 2 is 2.15 bits per heavy atom. The highest BCUT2D eigenvalue weighted by Gasteiger charge is 2.16. The van der Waals surface area contributed by atoms with E-state index in [9.17, 15) is 8.42 Å². The molecule has 3 N–H and O–H groups in total. The number of nitrogens with one attached hydrogen (secondary N) is 1. The first-order chi connectivity index (χ1) is 9.44. The van der Waals surface area contributed by atoms with Crippen LogP contribution in [0.15, 0.2) is 35.4 Å². The Labute approximate surface area is 117 Å². The molecular formula is C12H16N4O3S. The van der Waals surface area contributed by atoms with Crippen molar-refractivity contribution >= 4 is 15.7 Å². The Bertz CT molecular complexity index is 709. The summed E-state index contributed by atoms with van der Waals surface area (Å²) in [5.41, 5.74) is 6.75. The normalized spacial score (nSPS) is 11.5. The van der Waals surface area contributed by atoms with Gasteiger partial charge in [-0.05, 0) is 24.3 Å². The van der Waals surface area contributed by atoms with Gasteiger partial charge in [0.1, 0.15) is 5.75 Å². The lowest BCUT2D eigenvalue weighted by Crippen LogP contribution is -2.24. The van der Waals surface area contributed by atoms with Crippen molar-refractivity contribution in [2.24, 2.45) is 7.05 Å². The SMILES string of the molecule is COc1ccc(S(=O)(=O)NCc2ccnn2C)cc1N. The van der Waals surface area contributed by atoms with Gasteiger partial charge in [-0.3, -0.25) is 4.68 Å². The molecule has 2 rings (SSSR count). The molecule has 0 aliphatic heterocycles. The van der Waals surface area contributed by atoms with Gasteiger partial charge >= 0.3 is 0 Å². The standard InChI is InChI=1S/C12H16N4O3S/c1-16-9(5-6-14-16)8-15-20(17,18)10-3-4-12(19-2)11(13)7-10/h3-7,15H,8,13H2,1-2H3. The van der Waals surface area contributed by atoms with Gasteiger partial charge in [-0.15, -0.1) is 0 Å². The number of sulfonamides is 1. The van der Waals surface area contributed by atoms with Crippen LogP contribution in [-0.4, -0.2) is 25.3 Å². The molecular weight excluding hydrogens is 280 g/mol. The number of hydrogen-bond acceptors (Lipinski definition) is 5. The fourth-order valence-corrected chi connectivity index (χ4v) is 2.74. The number of nitrogens with two attached hydrogens (primary N) is 1. The highest BCUT2D eigenvalue weighted by atomic mass is 32.2. The van der Waals surface area contributed by atoms with Gasteiger partial charge in [0, 0.05) is 13.2 Å². The topological polar surface area (TPSA) is 99.2 Å². The molecule has 2 aromatic rings. The van der Waals surface area contributed by atoms with Gasteiger partial charge in [0.05, 0.1) is 29.9 Å². The molecule has 0 fully saturated rings. The first-order valence-corrected chi connectivity index (χ1v) is 7.32. The van der Waals surface area contributed by atoms with E-state index in [1.807, 2.05) is 0 Å². The number of nitrogen functional groups attached to an aromatic ring is 1. The van der Waals surface area contributed by atoms with Crippen LogP contribution in [0.5, 0.6) is 5.75 Å². The van der Waals surface area contributed by atoms with Gasteiger partial charge in [0.25, 0.3) is 0 Å². The predicted molar refractivity (Wildman–Crippen MR) is 74.6 cm³/mol. The number of methoxy groups -OCH3 is 1. The molecule has 1 aromatic carbocycles. The van der Waals surface area contributed by atoms with Crippen LogP contribution in [0, 0.1) is 0 Å². The van der Waals surface area contributed by atoms with E-state index >= 15 is 0 Å². The molecule has 0 saturated carbocycles. The second-order valence-corrected chi connectivity index (χ2v) is 5.94. The third-order valence-electron chi connectivity index (χ3n) is 2.88. The Morgan fingerprint density at radius 1 is 1.40 bits per heavy atom. The van der Waals surface area contributed by atoms with Crippen LogP contribution < -0.4 is 15.2 Å². The van der Waals surface area contributed by atoms with Gasteiger partial charge in [-0.1, -0.05) is 0 Å². The Hall–Kier alpha value is -2.06. The average Bonchev–Trinajstić information content (AvgIpc) is 2.82. The van der Waals surface area contributed by atoms with E-state index in [1.165, 1.54) is 25.3 Å². The van der Waals surface area contributed by atoms with Crippen LogP contribution in [0.1, 0.15) is 5.69 Å². The number of anilines is 1. The van der Waals surface area contributed by atoms with Crippen molar-refractivity contribution in [3.8, 4) is 5.75 Å². The highest BCUT2D eigenvalue weighted by molar-refractivity contribution is 7.89. The minimum Gasteiger partial charge on any atom is -0.495 e. The lowest BCUT2D eigenvalue weighted by Gasteiger charge is -2.09. The van der Waals surface area contributed by atoms with Crippen LogP contribution in [0.4, 0.5) is 5.69 Å². The Kier molecular flexibility index (Phi) is 3.96. The van der Waals surface area contributed by atoms with E-state index < -0.39 is 10.0 Å². The van der Waals surface area contributed by atoms with E-state index in [-0.39, 0.29) is 17.1 Å². The molecule has 0 atom stereocenters. The number of benzene rings is 1. The van der Waals surface area contributed by atoms with Crippen LogP contribution in [0.2, 0.25) is 0 Å². The van der Waals surface area contributed by atoms with Crippen molar-refractivity contribution in [2.45, 2.75) is 11.4 Å². The van der Waals surface area contributed by atoms with Crippen molar-refractivity contribution in [2.75, 3.05) is 12.8 Å². The summed E-state index contributed by atoms with van der Waals surface area (Å²) in [6.07, 6.45) is 1.61. The van der Waals surface area contributed by atoms with E-state index in [0.717, 1.165) is 5.69 Å². The van der Waals surface area contributed by atoms with Crippen LogP contribution >= 0.6 is 0 Å². The minimum atomic E-state index is -3.63. The van der Waals surface area contributed by atoms with Gasteiger partial charge in [0.15, 0.2) is 0 Å². The summed E-state index contributed by atoms with van der Waals surface area (Å²) in [5, 5.41) is 3.97. The minimum absolute atomic E-state index is 0.0953. The van der Waals surface area contributed by atoms with E-state index in [2.05, 4.69) is 9.82 Å². The number of aromatic nitrogens is 2. The number of ether oxygens (including phenoxy) is 1. The maximum absolute atomic E-state index is 12.2. The summed E-state index contributed by atoms with van der Waals surface area (Å²) in [6.45, 7) is 0.158. The largest absolute Gasteiger partial charge is 0.495 e. The zero-order valence-corrected chi connectivity index (χ0v) is 12.0. The van der Waals surface area contributed by atoms with Crippen LogP contribution in [0.25, 0.3) is 0 Å². The molecule has 0 aliphatic carbocycles. The van der Waals surface area contributed by atoms with E-state index in [4.69, 9.17) is 10.5 Å². The van der Waals surface area contributed by atoms with Crippen LogP contribution in [-0.2, 0) is 23.6 Å². The Balaban J connectivity index is 2.18. The molecule has 0 radical (unpaired) electrons. The third kappa shape index (κ3) is 2.91. The third-order valence-corrected chi connectivity index (χ3v) is 4.28. The van der Waals surface area contributed by atoms with Gasteiger partial charge in [-0.2, -0.15) is 5.10 Å². The number of rotatable bonds is 5. The fourth-order valence-electron chi connectivity index (χ4n) is 1.71. The summed E-state index contributed by atoms with van der Waals surface area (Å²) in [6, 6.07) is 6.07. The van der Waals surface area contributed by atoms with Gasteiger partial charge < -0.3 is 10.5 Å². The molecule has 0 amide bonds. The monoisotopic (exact) mass is 296 g/mol. The zero-order chi connectivity index (χ0) is 14.8. The van der Waals surface area contributed by atoms with Gasteiger partial charge in [0.2, 0.25) is 10.0 Å². The van der Waals surface area contributed by atoms with Crippen LogP contribution in [0.3, 0.4) is 0 Å². The maximum atomic E-state index is 12.2. The Morgan fingerprint density at radius 3 is 2.70 bits per heavy atom. The van der Waals surface area contributed by atoms with Crippen molar-refractivity contribution in [3.63, 3.8) is 0 Å². The molecule has 0 bridgehead atoms. The molecule has 1 aromatic heterocycles. The van der Waals surface area contributed by atoms with Gasteiger partial charge in [-0.25, -0.2) is 13.1 Å². The number of nitrogens with zero attached hydrogens (tertiary/aromatic N) is 2. The van der Waals surface area contributed by atoms with E-state index in [0.29, 0.717) is 5.75 Å². The lowest BCUT2D eigenvalue weighted by molar-refractivity contribution is 0.416. The van der Waals surface area contributed by atoms with E-state index in [1.54, 1.807) is 24.0 Å². The first-order valence-electron chi connectivity index (χ1n) is 5.84. The van der Waals surface area contributed by atoms with Crippen molar-refractivity contribution in [3.05, 3.63) is 36.2 Å².